The third-order valence-electron chi connectivity index (χ3n) is 8.99. The standard InChI is InChI=1S/C48H80O6/c1-4-7-10-13-16-19-22-24-26-29-32-35-38-41-47(50)53-44-45(43-52-46(49)40-37-34-31-28-21-18-15-12-9-6-3)54-48(51)42-39-36-33-30-27-25-23-20-17-14-11-8-5-2/h7,10,13,15-16,18-19,22,25,27,33,36,45H,4-6,8-9,11-12,14,17,20-21,23-24,26,28-32,34-35,37-44H2,1-3H3/b10-7-,16-13-,18-15-,22-19-,27-25-,36-33-. The van der Waals surface area contributed by atoms with E-state index in [1.54, 1.807) is 0 Å². The maximum absolute atomic E-state index is 12.7. The first-order chi connectivity index (χ1) is 26.5. The van der Waals surface area contributed by atoms with E-state index < -0.39 is 12.1 Å². The van der Waals surface area contributed by atoms with Gasteiger partial charge in [0.15, 0.2) is 6.10 Å². The van der Waals surface area contributed by atoms with Crippen LogP contribution in [0.3, 0.4) is 0 Å². The van der Waals surface area contributed by atoms with Crippen molar-refractivity contribution in [3.63, 3.8) is 0 Å². The topological polar surface area (TPSA) is 78.9 Å². The molecule has 0 fully saturated rings. The molecule has 0 saturated carbocycles. The number of carbonyl (C=O) groups is 3. The summed E-state index contributed by atoms with van der Waals surface area (Å²) < 4.78 is 16.6. The Labute approximate surface area is 332 Å². The highest BCUT2D eigenvalue weighted by atomic mass is 16.6. The van der Waals surface area contributed by atoms with Crippen molar-refractivity contribution >= 4 is 17.9 Å². The Bertz CT molecular complexity index is 1050. The number of ether oxygens (including phenoxy) is 3. The quantitative estimate of drug-likeness (QED) is 0.0205. The molecule has 0 rings (SSSR count). The lowest BCUT2D eigenvalue weighted by Gasteiger charge is -2.18. The summed E-state index contributed by atoms with van der Waals surface area (Å²) in [7, 11) is 0. The Kier molecular flexibility index (Phi) is 40.1. The molecule has 0 aliphatic rings. The smallest absolute Gasteiger partial charge is 0.306 e. The molecule has 0 aromatic carbocycles. The van der Waals surface area contributed by atoms with Crippen LogP contribution in [0.5, 0.6) is 0 Å². The zero-order valence-electron chi connectivity index (χ0n) is 35.0. The zero-order valence-corrected chi connectivity index (χ0v) is 35.0. The van der Waals surface area contributed by atoms with Gasteiger partial charge in [-0.2, -0.15) is 0 Å². The number of allylic oxidation sites excluding steroid dienone is 12. The Morgan fingerprint density at radius 1 is 0.407 bits per heavy atom. The summed E-state index contributed by atoms with van der Waals surface area (Å²) in [6.07, 6.45) is 51.8. The second kappa shape index (κ2) is 42.6. The first-order valence-electron chi connectivity index (χ1n) is 22.0. The van der Waals surface area contributed by atoms with Crippen molar-refractivity contribution in [2.45, 2.75) is 200 Å². The van der Waals surface area contributed by atoms with Crippen LogP contribution in [0.15, 0.2) is 72.9 Å². The average Bonchev–Trinajstić information content (AvgIpc) is 3.17. The van der Waals surface area contributed by atoms with Gasteiger partial charge in [-0.1, -0.05) is 171 Å². The molecular weight excluding hydrogens is 673 g/mol. The second-order valence-electron chi connectivity index (χ2n) is 14.3. The molecule has 0 aromatic heterocycles. The lowest BCUT2D eigenvalue weighted by Crippen LogP contribution is -2.30. The highest BCUT2D eigenvalue weighted by molar-refractivity contribution is 5.71. The molecule has 0 amide bonds. The third kappa shape index (κ3) is 40.0. The van der Waals surface area contributed by atoms with Crippen molar-refractivity contribution in [3.05, 3.63) is 72.9 Å². The summed E-state index contributed by atoms with van der Waals surface area (Å²) in [6, 6.07) is 0. The fraction of sp³-hybridized carbons (Fsp3) is 0.688. The van der Waals surface area contributed by atoms with E-state index in [0.29, 0.717) is 19.3 Å². The molecule has 6 heteroatoms. The molecule has 0 N–H and O–H groups in total. The van der Waals surface area contributed by atoms with Gasteiger partial charge in [-0.05, 0) is 77.0 Å². The summed E-state index contributed by atoms with van der Waals surface area (Å²) in [5.41, 5.74) is 0. The molecule has 308 valence electrons. The molecule has 0 saturated heterocycles. The van der Waals surface area contributed by atoms with Gasteiger partial charge in [0.25, 0.3) is 0 Å². The van der Waals surface area contributed by atoms with Crippen LogP contribution in [0.4, 0.5) is 0 Å². The summed E-state index contributed by atoms with van der Waals surface area (Å²) in [6.45, 7) is 6.34. The fourth-order valence-corrected chi connectivity index (χ4v) is 5.65. The number of carbonyl (C=O) groups excluding carboxylic acids is 3. The SMILES string of the molecule is CC\C=C/C=C\C=C/CCCCCCCC(=O)OCC(COC(=O)CCCCCC/C=C\CCCC)OC(=O)CC/C=C\C/C=C\CCCCCCCC. The van der Waals surface area contributed by atoms with Gasteiger partial charge in [-0.3, -0.25) is 14.4 Å². The van der Waals surface area contributed by atoms with Gasteiger partial charge in [0, 0.05) is 19.3 Å². The molecular formula is C48H80O6. The van der Waals surface area contributed by atoms with Crippen LogP contribution in [0, 0.1) is 0 Å². The molecule has 0 aromatic rings. The molecule has 0 radical (unpaired) electrons. The Morgan fingerprint density at radius 3 is 1.41 bits per heavy atom. The van der Waals surface area contributed by atoms with Crippen molar-refractivity contribution in [1.29, 1.82) is 0 Å². The number of hydrogen-bond donors (Lipinski definition) is 0. The van der Waals surface area contributed by atoms with Gasteiger partial charge in [-0.25, -0.2) is 0 Å². The summed E-state index contributed by atoms with van der Waals surface area (Å²) in [4.78, 5) is 37.6. The minimum atomic E-state index is -0.815. The Balaban J connectivity index is 4.51. The summed E-state index contributed by atoms with van der Waals surface area (Å²) in [5, 5.41) is 0. The molecule has 54 heavy (non-hydrogen) atoms. The second-order valence-corrected chi connectivity index (χ2v) is 14.3. The molecule has 0 aliphatic carbocycles. The third-order valence-corrected chi connectivity index (χ3v) is 8.99. The van der Waals surface area contributed by atoms with Gasteiger partial charge in [0.05, 0.1) is 0 Å². The average molecular weight is 753 g/mol. The molecule has 0 heterocycles. The molecule has 0 aliphatic heterocycles. The van der Waals surface area contributed by atoms with E-state index in [1.165, 1.54) is 51.4 Å². The van der Waals surface area contributed by atoms with Crippen molar-refractivity contribution in [2.75, 3.05) is 13.2 Å². The fourth-order valence-electron chi connectivity index (χ4n) is 5.65. The Hall–Kier alpha value is -3.15. The van der Waals surface area contributed by atoms with E-state index in [1.807, 2.05) is 12.2 Å². The van der Waals surface area contributed by atoms with Crippen LogP contribution in [0.2, 0.25) is 0 Å². The van der Waals surface area contributed by atoms with E-state index in [-0.39, 0.29) is 31.6 Å². The van der Waals surface area contributed by atoms with Crippen LogP contribution in [-0.2, 0) is 28.6 Å². The van der Waals surface area contributed by atoms with E-state index in [2.05, 4.69) is 81.5 Å². The number of hydrogen-bond acceptors (Lipinski definition) is 6. The zero-order chi connectivity index (χ0) is 39.4. The first-order valence-corrected chi connectivity index (χ1v) is 22.0. The highest BCUT2D eigenvalue weighted by Crippen LogP contribution is 2.12. The van der Waals surface area contributed by atoms with Crippen molar-refractivity contribution < 1.29 is 28.6 Å². The normalized spacial score (nSPS) is 12.7. The maximum atomic E-state index is 12.7. The lowest BCUT2D eigenvalue weighted by molar-refractivity contribution is -0.166. The number of unbranched alkanes of at least 4 members (excludes halogenated alkanes) is 17. The molecule has 6 nitrogen and oxygen atoms in total. The minimum absolute atomic E-state index is 0.112. The largest absolute Gasteiger partial charge is 0.462 e. The van der Waals surface area contributed by atoms with Crippen LogP contribution < -0.4 is 0 Å². The van der Waals surface area contributed by atoms with Crippen LogP contribution in [0.1, 0.15) is 194 Å². The van der Waals surface area contributed by atoms with Crippen molar-refractivity contribution in [2.24, 2.45) is 0 Å². The lowest BCUT2D eigenvalue weighted by atomic mass is 10.1. The minimum Gasteiger partial charge on any atom is -0.462 e. The number of esters is 3. The van der Waals surface area contributed by atoms with Gasteiger partial charge in [0.1, 0.15) is 13.2 Å². The van der Waals surface area contributed by atoms with E-state index in [4.69, 9.17) is 14.2 Å². The molecule has 0 spiro atoms. The van der Waals surface area contributed by atoms with E-state index in [9.17, 15) is 14.4 Å². The molecule has 1 atom stereocenters. The molecule has 1 unspecified atom stereocenters. The predicted molar refractivity (Wildman–Crippen MR) is 228 cm³/mol. The van der Waals surface area contributed by atoms with Crippen LogP contribution in [-0.4, -0.2) is 37.2 Å². The van der Waals surface area contributed by atoms with E-state index in [0.717, 1.165) is 96.3 Å². The monoisotopic (exact) mass is 753 g/mol. The summed E-state index contributed by atoms with van der Waals surface area (Å²) >= 11 is 0. The molecule has 0 bridgehead atoms. The van der Waals surface area contributed by atoms with Crippen LogP contribution >= 0.6 is 0 Å². The van der Waals surface area contributed by atoms with Gasteiger partial charge in [-0.15, -0.1) is 0 Å². The number of rotatable bonds is 38. The Morgan fingerprint density at radius 2 is 0.852 bits per heavy atom. The maximum Gasteiger partial charge on any atom is 0.306 e. The highest BCUT2D eigenvalue weighted by Gasteiger charge is 2.19. The van der Waals surface area contributed by atoms with Gasteiger partial charge >= 0.3 is 17.9 Å². The van der Waals surface area contributed by atoms with Gasteiger partial charge in [0.2, 0.25) is 0 Å². The summed E-state index contributed by atoms with van der Waals surface area (Å²) in [5.74, 6) is -1.02. The van der Waals surface area contributed by atoms with Crippen molar-refractivity contribution in [1.82, 2.24) is 0 Å². The first kappa shape index (κ1) is 50.9. The predicted octanol–water partition coefficient (Wildman–Crippen LogP) is 13.9. The van der Waals surface area contributed by atoms with Gasteiger partial charge < -0.3 is 14.2 Å². The van der Waals surface area contributed by atoms with E-state index >= 15 is 0 Å². The van der Waals surface area contributed by atoms with Crippen molar-refractivity contribution in [3.8, 4) is 0 Å². The van der Waals surface area contributed by atoms with Crippen LogP contribution in [0.25, 0.3) is 0 Å².